The van der Waals surface area contributed by atoms with Gasteiger partial charge in [-0.2, -0.15) is 5.26 Å². The Hall–Kier alpha value is -2.55. The molecule has 25 heavy (non-hydrogen) atoms. The van der Waals surface area contributed by atoms with Gasteiger partial charge in [0.05, 0.1) is 13.2 Å². The summed E-state index contributed by atoms with van der Waals surface area (Å²) in [6.45, 7) is 4.49. The number of rotatable bonds is 6. The number of carbonyl (C=O) groups excluding carboxylic acids is 2. The minimum absolute atomic E-state index is 0.0189. The lowest BCUT2D eigenvalue weighted by Gasteiger charge is -2.29. The molecule has 1 fully saturated rings. The fourth-order valence-corrected chi connectivity index (χ4v) is 2.99. The Morgan fingerprint density at radius 1 is 1.40 bits per heavy atom. The molecule has 1 aliphatic heterocycles. The van der Waals surface area contributed by atoms with Crippen LogP contribution in [-0.2, 0) is 4.79 Å². The third kappa shape index (κ3) is 4.30. The predicted octanol–water partition coefficient (Wildman–Crippen LogP) is 2.35. The highest BCUT2D eigenvalue weighted by atomic mass is 16.5. The van der Waals surface area contributed by atoms with E-state index in [1.807, 2.05) is 13.8 Å². The number of nitrogens with zero attached hydrogens (tertiary/aromatic N) is 2. The summed E-state index contributed by atoms with van der Waals surface area (Å²) in [7, 11) is 1.56. The van der Waals surface area contributed by atoms with E-state index in [1.54, 1.807) is 36.3 Å². The molecule has 1 heterocycles. The highest BCUT2D eigenvalue weighted by molar-refractivity contribution is 5.97. The van der Waals surface area contributed by atoms with Crippen molar-refractivity contribution in [1.82, 2.24) is 10.2 Å². The molecular weight excluding hydrogens is 318 g/mol. The van der Waals surface area contributed by atoms with Gasteiger partial charge in [0.2, 0.25) is 5.91 Å². The molecule has 1 aliphatic rings. The van der Waals surface area contributed by atoms with E-state index in [4.69, 9.17) is 4.74 Å². The summed E-state index contributed by atoms with van der Waals surface area (Å²) in [6, 6.07) is 7.91. The van der Waals surface area contributed by atoms with E-state index in [0.717, 1.165) is 12.8 Å². The van der Waals surface area contributed by atoms with Crippen LogP contribution in [0.5, 0.6) is 5.75 Å². The smallest absolute Gasteiger partial charge is 0.251 e. The lowest BCUT2D eigenvalue weighted by atomic mass is 9.97. The third-order valence-electron chi connectivity index (χ3n) is 4.80. The predicted molar refractivity (Wildman–Crippen MR) is 94.1 cm³/mol. The van der Waals surface area contributed by atoms with E-state index in [-0.39, 0.29) is 17.7 Å². The Labute approximate surface area is 148 Å². The monoisotopic (exact) mass is 343 g/mol. The fourth-order valence-electron chi connectivity index (χ4n) is 2.99. The third-order valence-corrected chi connectivity index (χ3v) is 4.80. The number of nitriles is 1. The van der Waals surface area contributed by atoms with Gasteiger partial charge in [-0.15, -0.1) is 0 Å². The summed E-state index contributed by atoms with van der Waals surface area (Å²) in [5.41, 5.74) is 0.472. The number of carbonyl (C=O) groups is 2. The van der Waals surface area contributed by atoms with Crippen molar-refractivity contribution in [1.29, 1.82) is 5.26 Å². The standard InChI is InChI=1S/C19H25N3O3/c1-4-13(2)17(19(24)22-11-5-6-15(22)12-20)21-18(23)14-7-9-16(25-3)10-8-14/h7-10,13,15,17H,4-6,11H2,1-3H3,(H,21,23)/t13?,15-,17-/m0/s1. The number of methoxy groups -OCH3 is 1. The summed E-state index contributed by atoms with van der Waals surface area (Å²) in [5, 5.41) is 12.1. The Bertz CT molecular complexity index is 651. The molecule has 0 radical (unpaired) electrons. The topological polar surface area (TPSA) is 82.4 Å². The summed E-state index contributed by atoms with van der Waals surface area (Å²) in [6.07, 6.45) is 2.27. The fraction of sp³-hybridized carbons (Fsp3) is 0.526. The second-order valence-corrected chi connectivity index (χ2v) is 6.38. The first-order valence-corrected chi connectivity index (χ1v) is 8.66. The molecule has 1 unspecified atom stereocenters. The zero-order valence-electron chi connectivity index (χ0n) is 15.0. The molecule has 2 rings (SSSR count). The van der Waals surface area contributed by atoms with Gasteiger partial charge in [0.25, 0.3) is 5.91 Å². The van der Waals surface area contributed by atoms with Gasteiger partial charge >= 0.3 is 0 Å². The Morgan fingerprint density at radius 2 is 2.08 bits per heavy atom. The number of hydrogen-bond donors (Lipinski definition) is 1. The van der Waals surface area contributed by atoms with Crippen molar-refractivity contribution in [2.75, 3.05) is 13.7 Å². The molecule has 6 nitrogen and oxygen atoms in total. The van der Waals surface area contributed by atoms with Crippen LogP contribution in [0.1, 0.15) is 43.5 Å². The lowest BCUT2D eigenvalue weighted by Crippen LogP contribution is -2.52. The van der Waals surface area contributed by atoms with Gasteiger partial charge in [-0.3, -0.25) is 9.59 Å². The summed E-state index contributed by atoms with van der Waals surface area (Å²) >= 11 is 0. The average molecular weight is 343 g/mol. The minimum atomic E-state index is -0.631. The molecule has 0 spiro atoms. The van der Waals surface area contributed by atoms with Crippen molar-refractivity contribution in [3.63, 3.8) is 0 Å². The van der Waals surface area contributed by atoms with Gasteiger partial charge in [0.15, 0.2) is 0 Å². The van der Waals surface area contributed by atoms with E-state index < -0.39 is 12.1 Å². The van der Waals surface area contributed by atoms with E-state index in [2.05, 4.69) is 11.4 Å². The molecule has 1 aromatic carbocycles. The average Bonchev–Trinajstić information content (AvgIpc) is 3.13. The van der Waals surface area contributed by atoms with Gasteiger partial charge < -0.3 is 15.0 Å². The quantitative estimate of drug-likeness (QED) is 0.859. The zero-order chi connectivity index (χ0) is 18.4. The Kier molecular flexibility index (Phi) is 6.40. The van der Waals surface area contributed by atoms with E-state index in [9.17, 15) is 14.9 Å². The molecule has 0 saturated carbocycles. The summed E-state index contributed by atoms with van der Waals surface area (Å²) in [4.78, 5) is 27.1. The first-order valence-electron chi connectivity index (χ1n) is 8.66. The van der Waals surface area contributed by atoms with Gasteiger partial charge in [0.1, 0.15) is 17.8 Å². The summed E-state index contributed by atoms with van der Waals surface area (Å²) in [5.74, 6) is 0.184. The number of ether oxygens (including phenoxy) is 1. The Morgan fingerprint density at radius 3 is 2.64 bits per heavy atom. The number of benzene rings is 1. The number of nitrogens with one attached hydrogen (secondary N) is 1. The van der Waals surface area contributed by atoms with Gasteiger partial charge in [-0.05, 0) is 43.0 Å². The maximum absolute atomic E-state index is 12.9. The van der Waals surface area contributed by atoms with Crippen LogP contribution in [0.3, 0.4) is 0 Å². The molecule has 1 N–H and O–H groups in total. The molecule has 6 heteroatoms. The molecule has 0 aromatic heterocycles. The van der Waals surface area contributed by atoms with Crippen LogP contribution >= 0.6 is 0 Å². The van der Waals surface area contributed by atoms with Crippen LogP contribution in [0.15, 0.2) is 24.3 Å². The van der Waals surface area contributed by atoms with Gasteiger partial charge in [-0.1, -0.05) is 20.3 Å². The Balaban J connectivity index is 2.15. The van der Waals surface area contributed by atoms with Crippen LogP contribution in [0, 0.1) is 17.2 Å². The van der Waals surface area contributed by atoms with Crippen molar-refractivity contribution >= 4 is 11.8 Å². The minimum Gasteiger partial charge on any atom is -0.497 e. The maximum Gasteiger partial charge on any atom is 0.251 e. The summed E-state index contributed by atoms with van der Waals surface area (Å²) < 4.78 is 5.09. The van der Waals surface area contributed by atoms with Crippen LogP contribution in [0.2, 0.25) is 0 Å². The van der Waals surface area contributed by atoms with Crippen molar-refractivity contribution < 1.29 is 14.3 Å². The first kappa shape index (κ1) is 18.8. The molecule has 0 bridgehead atoms. The molecule has 1 aromatic rings. The van der Waals surface area contributed by atoms with Crippen LogP contribution in [0.4, 0.5) is 0 Å². The van der Waals surface area contributed by atoms with Crippen molar-refractivity contribution in [2.45, 2.75) is 45.2 Å². The van der Waals surface area contributed by atoms with E-state index in [1.165, 1.54) is 0 Å². The molecular formula is C19H25N3O3. The van der Waals surface area contributed by atoms with Crippen LogP contribution < -0.4 is 10.1 Å². The van der Waals surface area contributed by atoms with Gasteiger partial charge in [0, 0.05) is 12.1 Å². The van der Waals surface area contributed by atoms with Crippen molar-refractivity contribution in [3.8, 4) is 11.8 Å². The number of amides is 2. The van der Waals surface area contributed by atoms with Crippen molar-refractivity contribution in [3.05, 3.63) is 29.8 Å². The molecule has 1 saturated heterocycles. The molecule has 3 atom stereocenters. The molecule has 0 aliphatic carbocycles. The van der Waals surface area contributed by atoms with Crippen molar-refractivity contribution in [2.24, 2.45) is 5.92 Å². The first-order chi connectivity index (χ1) is 12.0. The van der Waals surface area contributed by atoms with Gasteiger partial charge in [-0.25, -0.2) is 0 Å². The largest absolute Gasteiger partial charge is 0.497 e. The normalized spacial score (nSPS) is 19.0. The zero-order valence-corrected chi connectivity index (χ0v) is 15.0. The second-order valence-electron chi connectivity index (χ2n) is 6.38. The highest BCUT2D eigenvalue weighted by Crippen LogP contribution is 2.21. The molecule has 134 valence electrons. The van der Waals surface area contributed by atoms with E-state index in [0.29, 0.717) is 24.3 Å². The lowest BCUT2D eigenvalue weighted by molar-refractivity contribution is -0.134. The highest BCUT2D eigenvalue weighted by Gasteiger charge is 2.36. The van der Waals surface area contributed by atoms with Crippen LogP contribution in [0.25, 0.3) is 0 Å². The molecule has 2 amide bonds. The SMILES string of the molecule is CCC(C)[C@H](NC(=O)c1ccc(OC)cc1)C(=O)N1CCC[C@H]1C#N. The second kappa shape index (κ2) is 8.52. The maximum atomic E-state index is 12.9. The number of hydrogen-bond acceptors (Lipinski definition) is 4. The number of likely N-dealkylation sites (tertiary alicyclic amines) is 1. The van der Waals surface area contributed by atoms with E-state index >= 15 is 0 Å². The van der Waals surface area contributed by atoms with Crippen LogP contribution in [-0.4, -0.2) is 42.5 Å².